The van der Waals surface area contributed by atoms with Crippen LogP contribution in [0.1, 0.15) is 27.7 Å². The second-order valence-corrected chi connectivity index (χ2v) is 7.17. The third-order valence-corrected chi connectivity index (χ3v) is 4.78. The highest BCUT2D eigenvalue weighted by molar-refractivity contribution is 5.85. The van der Waals surface area contributed by atoms with Gasteiger partial charge in [0.2, 0.25) is 5.36 Å². The first kappa shape index (κ1) is 23.1. The molecule has 0 unspecified atom stereocenters. The molecule has 0 spiro atoms. The van der Waals surface area contributed by atoms with Gasteiger partial charge in [0, 0.05) is 41.9 Å². The SMILES string of the molecule is CCN(CC)c1ccc2cc3ccc(=[N+](CC)CC)cc-3oc2c1.[O-][Cl+3]([O-])([O-])[O-]. The first-order valence-electron chi connectivity index (χ1n) is 9.62. The molecule has 0 fully saturated rings. The van der Waals surface area contributed by atoms with E-state index in [4.69, 9.17) is 23.1 Å². The molecule has 0 amide bonds. The van der Waals surface area contributed by atoms with E-state index >= 15 is 0 Å². The lowest BCUT2D eigenvalue weighted by atomic mass is 10.1. The van der Waals surface area contributed by atoms with Crippen molar-refractivity contribution in [2.45, 2.75) is 27.7 Å². The maximum absolute atomic E-state index is 8.49. The van der Waals surface area contributed by atoms with Gasteiger partial charge in [-0.1, -0.05) is 0 Å². The third-order valence-electron chi connectivity index (χ3n) is 4.78. The molecule has 1 heterocycles. The van der Waals surface area contributed by atoms with Crippen molar-refractivity contribution in [1.29, 1.82) is 0 Å². The predicted molar refractivity (Wildman–Crippen MR) is 103 cm³/mol. The highest BCUT2D eigenvalue weighted by atomic mass is 35.7. The Bertz CT molecular complexity index is 965. The number of halogens is 1. The molecular formula is C21H27ClN2O5. The Labute approximate surface area is 172 Å². The molecule has 1 aliphatic carbocycles. The minimum Gasteiger partial charge on any atom is -0.456 e. The molecule has 29 heavy (non-hydrogen) atoms. The minimum absolute atomic E-state index is 0.948. The molecule has 0 radical (unpaired) electrons. The summed E-state index contributed by atoms with van der Waals surface area (Å²) in [6, 6.07) is 15.2. The first-order valence-corrected chi connectivity index (χ1v) is 10.9. The molecule has 158 valence electrons. The fourth-order valence-electron chi connectivity index (χ4n) is 3.32. The summed E-state index contributed by atoms with van der Waals surface area (Å²) in [7, 11) is -4.94. The number of hydrogen-bond acceptors (Lipinski definition) is 6. The number of anilines is 1. The van der Waals surface area contributed by atoms with Crippen molar-refractivity contribution >= 4 is 16.7 Å². The molecule has 0 aromatic heterocycles. The van der Waals surface area contributed by atoms with Crippen molar-refractivity contribution in [1.82, 2.24) is 4.58 Å². The van der Waals surface area contributed by atoms with Gasteiger partial charge in [-0.05, 0) is 52.0 Å². The molecule has 7 nitrogen and oxygen atoms in total. The van der Waals surface area contributed by atoms with Gasteiger partial charge in [0.05, 0.1) is 6.07 Å². The van der Waals surface area contributed by atoms with Crippen LogP contribution in [0.4, 0.5) is 5.69 Å². The van der Waals surface area contributed by atoms with Crippen molar-refractivity contribution < 1.29 is 33.3 Å². The zero-order chi connectivity index (χ0) is 21.6. The normalized spacial score (nSPS) is 11.3. The van der Waals surface area contributed by atoms with Gasteiger partial charge < -0.3 is 9.32 Å². The Morgan fingerprint density at radius 2 is 1.48 bits per heavy atom. The van der Waals surface area contributed by atoms with Gasteiger partial charge in [0.25, 0.3) is 0 Å². The zero-order valence-electron chi connectivity index (χ0n) is 17.2. The maximum Gasteiger partial charge on any atom is 0.203 e. The van der Waals surface area contributed by atoms with Crippen LogP contribution >= 0.6 is 0 Å². The van der Waals surface area contributed by atoms with Gasteiger partial charge in [-0.25, -0.2) is 23.2 Å². The van der Waals surface area contributed by atoms with Crippen molar-refractivity contribution in [2.75, 3.05) is 31.1 Å². The summed E-state index contributed by atoms with van der Waals surface area (Å²) in [5, 5.41) is 2.37. The summed E-state index contributed by atoms with van der Waals surface area (Å²) in [6.45, 7) is 12.7. The summed E-state index contributed by atoms with van der Waals surface area (Å²) in [4.78, 5) is 2.34. The molecule has 1 aromatic rings. The van der Waals surface area contributed by atoms with Crippen LogP contribution in [0.2, 0.25) is 0 Å². The molecule has 0 saturated carbocycles. The Balaban J connectivity index is 0.000000537. The summed E-state index contributed by atoms with van der Waals surface area (Å²) in [5.41, 5.74) is 3.31. The van der Waals surface area contributed by atoms with Crippen molar-refractivity contribution in [3.63, 3.8) is 0 Å². The van der Waals surface area contributed by atoms with Crippen LogP contribution in [0.15, 0.2) is 46.9 Å². The van der Waals surface area contributed by atoms with E-state index in [-0.39, 0.29) is 0 Å². The van der Waals surface area contributed by atoms with Crippen molar-refractivity contribution in [3.8, 4) is 11.3 Å². The lowest BCUT2D eigenvalue weighted by Crippen LogP contribution is -2.68. The number of rotatable bonds is 5. The summed E-state index contributed by atoms with van der Waals surface area (Å²) >= 11 is 0. The lowest BCUT2D eigenvalue weighted by molar-refractivity contribution is -2.00. The van der Waals surface area contributed by atoms with E-state index in [2.05, 4.69) is 79.6 Å². The Kier molecular flexibility index (Phi) is 8.01. The van der Waals surface area contributed by atoms with E-state index in [1.807, 2.05) is 0 Å². The molecule has 0 saturated heterocycles. The maximum atomic E-state index is 8.49. The molecule has 0 bridgehead atoms. The fourth-order valence-corrected chi connectivity index (χ4v) is 3.32. The van der Waals surface area contributed by atoms with Crippen LogP contribution in [0, 0.1) is 10.2 Å². The van der Waals surface area contributed by atoms with Gasteiger partial charge in [-0.15, -0.1) is 10.2 Å². The van der Waals surface area contributed by atoms with Gasteiger partial charge in [0.1, 0.15) is 24.4 Å². The Morgan fingerprint density at radius 3 is 2.03 bits per heavy atom. The molecule has 0 N–H and O–H groups in total. The molecular weight excluding hydrogens is 396 g/mol. The Morgan fingerprint density at radius 1 is 0.862 bits per heavy atom. The van der Waals surface area contributed by atoms with Crippen LogP contribution in [0.3, 0.4) is 0 Å². The highest BCUT2D eigenvalue weighted by Gasteiger charge is 2.11. The van der Waals surface area contributed by atoms with Crippen LogP contribution in [0.5, 0.6) is 0 Å². The van der Waals surface area contributed by atoms with Gasteiger partial charge >= 0.3 is 0 Å². The van der Waals surface area contributed by atoms with Crippen molar-refractivity contribution in [3.05, 3.63) is 47.8 Å². The number of hydrogen-bond donors (Lipinski definition) is 0. The molecule has 2 aliphatic rings. The van der Waals surface area contributed by atoms with E-state index in [1.165, 1.54) is 11.0 Å². The highest BCUT2D eigenvalue weighted by Crippen LogP contribution is 2.29. The predicted octanol–water partition coefficient (Wildman–Crippen LogP) is -0.560. The van der Waals surface area contributed by atoms with Gasteiger partial charge in [0.15, 0.2) is 0 Å². The van der Waals surface area contributed by atoms with Crippen LogP contribution < -0.4 is 33.5 Å². The Hall–Kier alpha value is -2.16. The third kappa shape index (κ3) is 6.42. The average Bonchev–Trinajstić information content (AvgIpc) is 2.67. The summed E-state index contributed by atoms with van der Waals surface area (Å²) in [5.74, 6) is 0.948. The summed E-state index contributed by atoms with van der Waals surface area (Å²) < 4.78 is 42.6. The summed E-state index contributed by atoms with van der Waals surface area (Å²) in [6.07, 6.45) is 0. The fraction of sp³-hybridized carbons (Fsp3) is 0.381. The van der Waals surface area contributed by atoms with Crippen LogP contribution in [0.25, 0.3) is 22.3 Å². The van der Waals surface area contributed by atoms with E-state index in [0.717, 1.165) is 48.5 Å². The van der Waals surface area contributed by atoms with E-state index < -0.39 is 10.2 Å². The van der Waals surface area contributed by atoms with E-state index in [1.54, 1.807) is 0 Å². The smallest absolute Gasteiger partial charge is 0.203 e. The number of nitrogens with zero attached hydrogens (tertiary/aromatic N) is 2. The largest absolute Gasteiger partial charge is 0.456 e. The van der Waals surface area contributed by atoms with Gasteiger partial charge in [-0.3, -0.25) is 0 Å². The number of benzene rings is 2. The second kappa shape index (κ2) is 10.0. The zero-order valence-corrected chi connectivity index (χ0v) is 17.9. The van der Waals surface area contributed by atoms with Crippen LogP contribution in [-0.4, -0.2) is 26.2 Å². The van der Waals surface area contributed by atoms with Crippen molar-refractivity contribution in [2.24, 2.45) is 0 Å². The first-order chi connectivity index (χ1) is 13.7. The topological polar surface area (TPSA) is 112 Å². The number of fused-ring (bicyclic) bond motifs is 2. The monoisotopic (exact) mass is 422 g/mol. The molecule has 1 aliphatic heterocycles. The molecule has 3 rings (SSSR count). The lowest BCUT2D eigenvalue weighted by Gasteiger charge is -2.21. The quantitative estimate of drug-likeness (QED) is 0.402. The average molecular weight is 423 g/mol. The van der Waals surface area contributed by atoms with E-state index in [0.29, 0.717) is 0 Å². The second-order valence-electron chi connectivity index (χ2n) is 6.41. The van der Waals surface area contributed by atoms with Crippen LogP contribution in [-0.2, 0) is 0 Å². The molecule has 1 aromatic carbocycles. The molecule has 8 heteroatoms. The standard InChI is InChI=1S/C21H27N2O.ClHO4/c1-5-22(6-2)18-11-9-16-13-17-10-12-19(23(7-3)8-4)15-21(17)24-20(16)14-18;2-1(3,4)5/h9-15H,5-8H2,1-4H3;(H,2,3,4,5)/q+1;/p-1. The van der Waals surface area contributed by atoms with E-state index in [9.17, 15) is 0 Å². The minimum atomic E-state index is -4.94. The van der Waals surface area contributed by atoms with Gasteiger partial charge in [-0.2, -0.15) is 0 Å². The molecule has 0 atom stereocenters.